The molecular weight excluding hydrogens is 783 g/mol. The maximum absolute atomic E-state index is 11.2. The summed E-state index contributed by atoms with van der Waals surface area (Å²) in [5.41, 5.74) is 13.3. The molecule has 6 nitrogen and oxygen atoms in total. The lowest BCUT2D eigenvalue weighted by Crippen LogP contribution is -2.10. The summed E-state index contributed by atoms with van der Waals surface area (Å²) in [6.45, 7) is 21.8. The van der Waals surface area contributed by atoms with Crippen LogP contribution in [0.25, 0.3) is 109 Å². The lowest BCUT2D eigenvalue weighted by molar-refractivity contribution is 0.590. The van der Waals surface area contributed by atoms with Gasteiger partial charge in [-0.1, -0.05) is 108 Å². The maximum Gasteiger partial charge on any atom is 0.190 e. The van der Waals surface area contributed by atoms with Crippen LogP contribution in [0.2, 0.25) is 0 Å². The first kappa shape index (κ1) is 37.7. The van der Waals surface area contributed by atoms with Gasteiger partial charge in [0.15, 0.2) is 5.69 Å². The van der Waals surface area contributed by atoms with Gasteiger partial charge in [-0.15, -0.1) is 0 Å². The molecule has 0 saturated heterocycles. The molecule has 8 aromatic carbocycles. The molecule has 0 N–H and O–H groups in total. The van der Waals surface area contributed by atoms with Crippen LogP contribution in [0.4, 0.5) is 5.69 Å². The fourth-order valence-electron chi connectivity index (χ4n) is 10.2. The van der Waals surface area contributed by atoms with Crippen molar-refractivity contribution in [2.24, 2.45) is 0 Å². The zero-order valence-electron chi connectivity index (χ0n) is 36.6. The van der Waals surface area contributed by atoms with Crippen LogP contribution in [-0.2, 0) is 10.8 Å². The van der Waals surface area contributed by atoms with E-state index in [0.29, 0.717) is 11.3 Å². The number of rotatable bonds is 3. The maximum atomic E-state index is 11.2. The Labute approximate surface area is 370 Å². The van der Waals surface area contributed by atoms with Crippen molar-refractivity contribution in [1.82, 2.24) is 13.7 Å². The minimum Gasteiger partial charge on any atom is -0.455 e. The molecule has 0 fully saturated rings. The summed E-state index contributed by atoms with van der Waals surface area (Å²) in [7, 11) is 0. The average Bonchev–Trinajstić information content (AvgIpc) is 4.03. The SMILES string of the molecule is [C-]#[N+]c1cc(C#N)c(-n2c3ccc(C(C)(C)C)cc3c3cc(C(C)(C)C)ccc32)c(-n2c3ccc(-n4c5ccccc5c5ccccc54)cc3c3c4oc5ccccc5c4ccc32)c1. The number of benzene rings is 8. The second-order valence-electron chi connectivity index (χ2n) is 19.2. The van der Waals surface area contributed by atoms with Crippen molar-refractivity contribution in [2.45, 2.75) is 52.4 Å². The van der Waals surface area contributed by atoms with Crippen LogP contribution in [0, 0.1) is 17.9 Å². The predicted molar refractivity (Wildman–Crippen MR) is 265 cm³/mol. The van der Waals surface area contributed by atoms with Crippen molar-refractivity contribution < 1.29 is 4.42 Å². The van der Waals surface area contributed by atoms with Gasteiger partial charge >= 0.3 is 0 Å². The Balaban J connectivity index is 1.24. The molecule has 0 aliphatic rings. The van der Waals surface area contributed by atoms with Gasteiger partial charge in [-0.3, -0.25) is 0 Å². The smallest absolute Gasteiger partial charge is 0.190 e. The van der Waals surface area contributed by atoms with Gasteiger partial charge in [0.1, 0.15) is 17.2 Å². The van der Waals surface area contributed by atoms with Crippen LogP contribution < -0.4 is 0 Å². The number of fused-ring (bicyclic) bond motifs is 13. The zero-order valence-corrected chi connectivity index (χ0v) is 36.6. The Morgan fingerprint density at radius 3 is 1.66 bits per heavy atom. The first-order valence-corrected chi connectivity index (χ1v) is 21.9. The minimum atomic E-state index is -0.0758. The summed E-state index contributed by atoms with van der Waals surface area (Å²) in [6.07, 6.45) is 0. The van der Waals surface area contributed by atoms with Crippen molar-refractivity contribution in [3.05, 3.63) is 180 Å². The number of nitriles is 1. The van der Waals surface area contributed by atoms with Gasteiger partial charge < -0.3 is 18.1 Å². The highest BCUT2D eigenvalue weighted by Crippen LogP contribution is 2.46. The number of nitrogens with zero attached hydrogens (tertiary/aromatic N) is 5. The van der Waals surface area contributed by atoms with Crippen molar-refractivity contribution >= 4 is 93.0 Å². The number of hydrogen-bond donors (Lipinski definition) is 0. The molecule has 6 heteroatoms. The molecule has 64 heavy (non-hydrogen) atoms. The molecule has 0 atom stereocenters. The molecule has 306 valence electrons. The normalized spacial score (nSPS) is 12.5. The molecule has 4 aromatic heterocycles. The molecule has 0 spiro atoms. The highest BCUT2D eigenvalue weighted by atomic mass is 16.3. The van der Waals surface area contributed by atoms with Gasteiger partial charge in [-0.2, -0.15) is 5.26 Å². The van der Waals surface area contributed by atoms with Crippen LogP contribution >= 0.6 is 0 Å². The molecule has 12 rings (SSSR count). The quantitative estimate of drug-likeness (QED) is 0.167. The number of furan rings is 1. The standard InChI is InChI=1S/C58H43N5O/c1-57(2,3)35-20-24-48-43(29-35)44-30-36(58(4,5)6)21-25-49(44)63(48)55-34(33-59)28-37(60-7)31-52(55)62-50-26-22-38(61-46-17-11-8-14-39(46)40-15-9-12-18-47(40)61)32-45(50)54-51(62)27-23-42-41-16-10-13-19-53(41)64-56(42)54/h8-32H,1-6H3. The summed E-state index contributed by atoms with van der Waals surface area (Å²) >= 11 is 0. The van der Waals surface area contributed by atoms with E-state index in [-0.39, 0.29) is 10.8 Å². The third kappa shape index (κ3) is 5.30. The first-order valence-electron chi connectivity index (χ1n) is 21.9. The summed E-state index contributed by atoms with van der Waals surface area (Å²) in [5, 5.41) is 19.9. The van der Waals surface area contributed by atoms with Gasteiger partial charge in [0, 0.05) is 43.4 Å². The monoisotopic (exact) mass is 825 g/mol. The Kier molecular flexibility index (Phi) is 7.79. The highest BCUT2D eigenvalue weighted by Gasteiger charge is 2.27. The van der Waals surface area contributed by atoms with E-state index in [1.165, 1.54) is 21.9 Å². The largest absolute Gasteiger partial charge is 0.455 e. The molecule has 4 heterocycles. The van der Waals surface area contributed by atoms with Crippen LogP contribution in [0.15, 0.2) is 156 Å². The van der Waals surface area contributed by atoms with Gasteiger partial charge in [0.25, 0.3) is 0 Å². The number of hydrogen-bond acceptors (Lipinski definition) is 2. The minimum absolute atomic E-state index is 0.0758. The van der Waals surface area contributed by atoms with E-state index in [1.807, 2.05) is 18.2 Å². The van der Waals surface area contributed by atoms with E-state index in [0.717, 1.165) is 93.6 Å². The highest BCUT2D eigenvalue weighted by molar-refractivity contribution is 6.24. The second-order valence-corrected chi connectivity index (χ2v) is 19.2. The van der Waals surface area contributed by atoms with Crippen LogP contribution in [0.5, 0.6) is 0 Å². The van der Waals surface area contributed by atoms with E-state index in [1.54, 1.807) is 6.07 Å². The Bertz CT molecular complexity index is 3940. The van der Waals surface area contributed by atoms with Crippen LogP contribution in [-0.4, -0.2) is 13.7 Å². The van der Waals surface area contributed by atoms with Crippen LogP contribution in [0.1, 0.15) is 58.2 Å². The molecule has 0 unspecified atom stereocenters. The van der Waals surface area contributed by atoms with Crippen molar-refractivity contribution in [2.75, 3.05) is 0 Å². The van der Waals surface area contributed by atoms with Crippen molar-refractivity contribution in [1.29, 1.82) is 5.26 Å². The summed E-state index contributed by atoms with van der Waals surface area (Å²) < 4.78 is 13.7. The third-order valence-electron chi connectivity index (χ3n) is 13.4. The van der Waals surface area contributed by atoms with E-state index in [2.05, 4.69) is 194 Å². The van der Waals surface area contributed by atoms with E-state index in [9.17, 15) is 5.26 Å². The molecule has 0 radical (unpaired) electrons. The number of para-hydroxylation sites is 3. The first-order chi connectivity index (χ1) is 30.9. The van der Waals surface area contributed by atoms with E-state index < -0.39 is 0 Å². The Morgan fingerprint density at radius 2 is 1.05 bits per heavy atom. The third-order valence-corrected chi connectivity index (χ3v) is 13.4. The van der Waals surface area contributed by atoms with Gasteiger partial charge in [-0.25, -0.2) is 4.85 Å². The van der Waals surface area contributed by atoms with Gasteiger partial charge in [0.2, 0.25) is 0 Å². The number of aromatic nitrogens is 3. The molecule has 12 aromatic rings. The molecule has 0 aliphatic carbocycles. The Morgan fingerprint density at radius 1 is 0.500 bits per heavy atom. The average molecular weight is 826 g/mol. The lowest BCUT2D eigenvalue weighted by Gasteiger charge is -2.21. The summed E-state index contributed by atoms with van der Waals surface area (Å²) in [6, 6.07) is 56.1. The van der Waals surface area contributed by atoms with E-state index in [4.69, 9.17) is 11.0 Å². The molecule has 0 amide bonds. The Hall–Kier alpha value is -8.06. The topological polar surface area (TPSA) is 56.1 Å². The van der Waals surface area contributed by atoms with Crippen molar-refractivity contribution in [3.8, 4) is 23.1 Å². The second kappa shape index (κ2) is 13.2. The molecular formula is C58H43N5O. The fraction of sp³-hybridized carbons (Fsp3) is 0.138. The van der Waals surface area contributed by atoms with Crippen LogP contribution in [0.3, 0.4) is 0 Å². The van der Waals surface area contributed by atoms with E-state index >= 15 is 0 Å². The summed E-state index contributed by atoms with van der Waals surface area (Å²) in [4.78, 5) is 3.97. The fourth-order valence-corrected chi connectivity index (χ4v) is 10.2. The molecule has 0 saturated carbocycles. The zero-order chi connectivity index (χ0) is 43.8. The molecule has 0 aliphatic heterocycles. The van der Waals surface area contributed by atoms with Gasteiger partial charge in [-0.05, 0) is 107 Å². The van der Waals surface area contributed by atoms with Gasteiger partial charge in [0.05, 0.1) is 62.0 Å². The van der Waals surface area contributed by atoms with Crippen molar-refractivity contribution in [3.63, 3.8) is 0 Å². The summed E-state index contributed by atoms with van der Waals surface area (Å²) in [5.74, 6) is 0. The lowest BCUT2D eigenvalue weighted by atomic mass is 9.85. The molecule has 0 bridgehead atoms. The predicted octanol–water partition coefficient (Wildman–Crippen LogP) is 15.9.